The van der Waals surface area contributed by atoms with Crippen molar-refractivity contribution in [2.24, 2.45) is 4.99 Å². The lowest BCUT2D eigenvalue weighted by molar-refractivity contribution is 0.446. The van der Waals surface area contributed by atoms with Gasteiger partial charge in [-0.25, -0.2) is 4.99 Å². The van der Waals surface area contributed by atoms with Gasteiger partial charge in [-0.3, -0.25) is 0 Å². The first-order valence-electron chi connectivity index (χ1n) is 11.3. The summed E-state index contributed by atoms with van der Waals surface area (Å²) in [6.45, 7) is 6.29. The molecule has 2 heterocycles. The van der Waals surface area contributed by atoms with Gasteiger partial charge in [-0.15, -0.1) is 11.3 Å². The largest absolute Gasteiger partial charge is 0.507 e. The third-order valence-corrected chi connectivity index (χ3v) is 7.84. The Kier molecular flexibility index (Phi) is 4.94. The fourth-order valence-corrected chi connectivity index (χ4v) is 6.21. The van der Waals surface area contributed by atoms with Crippen LogP contribution in [0.4, 0.5) is 5.00 Å². The van der Waals surface area contributed by atoms with E-state index in [1.54, 1.807) is 17.6 Å². The number of phenols is 1. The van der Waals surface area contributed by atoms with Gasteiger partial charge >= 0.3 is 0 Å². The third-order valence-electron chi connectivity index (χ3n) is 6.64. The van der Waals surface area contributed by atoms with Crippen LogP contribution >= 0.6 is 11.3 Å². The van der Waals surface area contributed by atoms with E-state index in [1.807, 2.05) is 6.07 Å². The Morgan fingerprint density at radius 2 is 1.81 bits per heavy atom. The second-order valence-electron chi connectivity index (χ2n) is 9.78. The van der Waals surface area contributed by atoms with Crippen molar-refractivity contribution in [2.45, 2.75) is 77.6 Å². The van der Waals surface area contributed by atoms with Crippen molar-refractivity contribution >= 4 is 33.5 Å². The predicted octanol–water partition coefficient (Wildman–Crippen LogP) is 6.88. The van der Waals surface area contributed by atoms with Crippen molar-refractivity contribution in [2.75, 3.05) is 0 Å². The number of furan rings is 1. The zero-order valence-electron chi connectivity index (χ0n) is 18.5. The highest BCUT2D eigenvalue weighted by molar-refractivity contribution is 7.16. The normalized spacial score (nSPS) is 16.5. The van der Waals surface area contributed by atoms with Gasteiger partial charge in [-0.2, -0.15) is 5.26 Å². The van der Waals surface area contributed by atoms with Crippen LogP contribution in [0.25, 0.3) is 11.0 Å². The van der Waals surface area contributed by atoms with Gasteiger partial charge < -0.3 is 9.52 Å². The average Bonchev–Trinajstić information content (AvgIpc) is 3.29. The number of aromatic hydroxyl groups is 1. The molecule has 0 radical (unpaired) electrons. The first-order valence-corrected chi connectivity index (χ1v) is 12.1. The lowest BCUT2D eigenvalue weighted by atomic mass is 9.83. The molecule has 5 rings (SSSR count). The number of hydrogen-bond donors (Lipinski definition) is 1. The molecular formula is C26H28N2O2S. The Bertz CT molecular complexity index is 1250. The van der Waals surface area contributed by atoms with E-state index in [0.29, 0.717) is 5.56 Å². The molecule has 2 aliphatic rings. The van der Waals surface area contributed by atoms with Gasteiger partial charge in [0.25, 0.3) is 0 Å². The Morgan fingerprint density at radius 3 is 2.55 bits per heavy atom. The zero-order chi connectivity index (χ0) is 21.8. The van der Waals surface area contributed by atoms with E-state index >= 15 is 0 Å². The number of fused-ring (bicyclic) bond motifs is 4. The second kappa shape index (κ2) is 7.53. The summed E-state index contributed by atoms with van der Waals surface area (Å²) in [4.78, 5) is 6.08. The van der Waals surface area contributed by atoms with Crippen LogP contribution in [0.2, 0.25) is 0 Å². The quantitative estimate of drug-likeness (QED) is 0.449. The van der Waals surface area contributed by atoms with Crippen LogP contribution in [-0.4, -0.2) is 11.3 Å². The molecule has 0 fully saturated rings. The van der Waals surface area contributed by atoms with Crippen molar-refractivity contribution < 1.29 is 9.52 Å². The Labute approximate surface area is 187 Å². The number of nitriles is 1. The van der Waals surface area contributed by atoms with Crippen LogP contribution in [0.5, 0.6) is 5.75 Å². The topological polar surface area (TPSA) is 69.5 Å². The van der Waals surface area contributed by atoms with Crippen LogP contribution in [0.15, 0.2) is 15.5 Å². The minimum Gasteiger partial charge on any atom is -0.507 e. The van der Waals surface area contributed by atoms with Crippen LogP contribution in [0.3, 0.4) is 0 Å². The minimum atomic E-state index is -0.228. The van der Waals surface area contributed by atoms with Crippen LogP contribution in [-0.2, 0) is 31.1 Å². The average molecular weight is 433 g/mol. The number of thiophene rings is 1. The number of phenolic OH excluding ortho intramolecular Hbond substituents is 1. The van der Waals surface area contributed by atoms with E-state index < -0.39 is 0 Å². The summed E-state index contributed by atoms with van der Waals surface area (Å²) >= 11 is 1.63. The van der Waals surface area contributed by atoms with E-state index in [2.05, 4.69) is 26.8 Å². The molecule has 3 aromatic rings. The summed E-state index contributed by atoms with van der Waals surface area (Å²) in [5, 5.41) is 22.8. The van der Waals surface area contributed by atoms with E-state index in [4.69, 9.17) is 9.41 Å². The molecule has 0 amide bonds. The SMILES string of the molecule is CC(C)(C)c1cc2oc3c(c2c(C=Nc2sc4c(c2C#N)CCCC4)c1O)CCCC3. The molecule has 160 valence electrons. The number of benzene rings is 1. The molecule has 0 saturated carbocycles. The molecule has 2 aromatic heterocycles. The van der Waals surface area contributed by atoms with Crippen LogP contribution in [0, 0.1) is 11.3 Å². The van der Waals surface area contributed by atoms with Crippen molar-refractivity contribution in [3.63, 3.8) is 0 Å². The van der Waals surface area contributed by atoms with Crippen LogP contribution < -0.4 is 0 Å². The highest BCUT2D eigenvalue weighted by Crippen LogP contribution is 2.43. The molecule has 0 atom stereocenters. The maximum atomic E-state index is 11.3. The molecule has 0 spiro atoms. The number of hydrogen-bond acceptors (Lipinski definition) is 5. The van der Waals surface area contributed by atoms with E-state index in [-0.39, 0.29) is 11.2 Å². The summed E-state index contributed by atoms with van der Waals surface area (Å²) in [7, 11) is 0. The number of rotatable bonds is 2. The molecule has 1 aromatic carbocycles. The molecule has 1 N–H and O–H groups in total. The first-order chi connectivity index (χ1) is 14.9. The minimum absolute atomic E-state index is 0.228. The second-order valence-corrected chi connectivity index (χ2v) is 10.9. The van der Waals surface area contributed by atoms with Gasteiger partial charge in [0.2, 0.25) is 0 Å². The fraction of sp³-hybridized carbons (Fsp3) is 0.462. The Morgan fingerprint density at radius 1 is 1.10 bits per heavy atom. The van der Waals surface area contributed by atoms with Gasteiger partial charge in [0, 0.05) is 39.6 Å². The van der Waals surface area contributed by atoms with Crippen molar-refractivity contribution in [1.82, 2.24) is 0 Å². The molecule has 0 saturated heterocycles. The standard InChI is InChI=1S/C26H28N2O2S/c1-26(2,3)19-12-21-23(16-9-4-6-10-20(16)30-21)18(24(19)29)14-28-25-17(13-27)15-8-5-7-11-22(15)31-25/h12,14,29H,4-11H2,1-3H3. The number of aryl methyl sites for hydroxylation is 3. The molecule has 5 heteroatoms. The highest BCUT2D eigenvalue weighted by Gasteiger charge is 2.27. The molecule has 4 nitrogen and oxygen atoms in total. The summed E-state index contributed by atoms with van der Waals surface area (Å²) in [6, 6.07) is 4.39. The maximum absolute atomic E-state index is 11.3. The zero-order valence-corrected chi connectivity index (χ0v) is 19.3. The maximum Gasteiger partial charge on any atom is 0.135 e. The smallest absolute Gasteiger partial charge is 0.135 e. The summed E-state index contributed by atoms with van der Waals surface area (Å²) in [6.07, 6.45) is 10.3. The fourth-order valence-electron chi connectivity index (χ4n) is 5.03. The lowest BCUT2D eigenvalue weighted by Gasteiger charge is -2.21. The van der Waals surface area contributed by atoms with E-state index in [9.17, 15) is 10.4 Å². The summed E-state index contributed by atoms with van der Waals surface area (Å²) in [5.74, 6) is 1.32. The molecule has 31 heavy (non-hydrogen) atoms. The summed E-state index contributed by atoms with van der Waals surface area (Å²) in [5.41, 5.74) is 5.31. The number of nitrogens with zero attached hydrogens (tertiary/aromatic N) is 2. The molecule has 0 unspecified atom stereocenters. The van der Waals surface area contributed by atoms with Crippen molar-refractivity contribution in [3.8, 4) is 11.8 Å². The highest BCUT2D eigenvalue weighted by atomic mass is 32.1. The molecule has 0 aliphatic heterocycles. The van der Waals surface area contributed by atoms with Gasteiger partial charge in [0.1, 0.15) is 28.2 Å². The lowest BCUT2D eigenvalue weighted by Crippen LogP contribution is -2.12. The van der Waals surface area contributed by atoms with E-state index in [0.717, 1.165) is 77.8 Å². The van der Waals surface area contributed by atoms with Gasteiger partial charge in [0.15, 0.2) is 0 Å². The predicted molar refractivity (Wildman–Crippen MR) is 126 cm³/mol. The van der Waals surface area contributed by atoms with E-state index in [1.165, 1.54) is 22.4 Å². The van der Waals surface area contributed by atoms with Gasteiger partial charge in [-0.05, 0) is 62.0 Å². The number of aliphatic imine (C=N–C) groups is 1. The molecular weight excluding hydrogens is 404 g/mol. The van der Waals surface area contributed by atoms with Crippen LogP contribution in [0.1, 0.15) is 84.9 Å². The third kappa shape index (κ3) is 3.38. The molecule has 0 bridgehead atoms. The first kappa shape index (κ1) is 20.3. The van der Waals surface area contributed by atoms with Crippen molar-refractivity contribution in [3.05, 3.63) is 44.5 Å². The Hall–Kier alpha value is -2.58. The van der Waals surface area contributed by atoms with Gasteiger partial charge in [0.05, 0.1) is 5.56 Å². The van der Waals surface area contributed by atoms with Gasteiger partial charge in [-0.1, -0.05) is 20.8 Å². The monoisotopic (exact) mass is 432 g/mol. The van der Waals surface area contributed by atoms with Crippen molar-refractivity contribution in [1.29, 1.82) is 5.26 Å². The Balaban J connectivity index is 1.71. The molecule has 2 aliphatic carbocycles. The summed E-state index contributed by atoms with van der Waals surface area (Å²) < 4.78 is 6.26.